The van der Waals surface area contributed by atoms with Gasteiger partial charge in [0.1, 0.15) is 17.8 Å². The van der Waals surface area contributed by atoms with Crippen LogP contribution in [0, 0.1) is 5.82 Å². The SMILES string of the molecule is O=C1OCC2=C1C1(C(=O)Nc3c(F)cccc31)c1c(n[nH]c1-c1ccccc1)N2. The van der Waals surface area contributed by atoms with Gasteiger partial charge in [-0.2, -0.15) is 5.10 Å². The third-order valence-electron chi connectivity index (χ3n) is 5.70. The maximum atomic E-state index is 14.6. The van der Waals surface area contributed by atoms with Gasteiger partial charge in [-0.1, -0.05) is 42.5 Å². The van der Waals surface area contributed by atoms with E-state index in [0.29, 0.717) is 28.3 Å². The van der Waals surface area contributed by atoms with E-state index >= 15 is 0 Å². The van der Waals surface area contributed by atoms with Crippen LogP contribution in [0.4, 0.5) is 15.9 Å². The minimum atomic E-state index is -1.56. The number of carbonyl (C=O) groups is 2. The van der Waals surface area contributed by atoms with Crippen LogP contribution in [0.2, 0.25) is 0 Å². The molecule has 0 saturated heterocycles. The van der Waals surface area contributed by atoms with Gasteiger partial charge in [-0.05, 0) is 11.6 Å². The van der Waals surface area contributed by atoms with Gasteiger partial charge in [-0.3, -0.25) is 9.89 Å². The first-order valence-corrected chi connectivity index (χ1v) is 9.05. The Morgan fingerprint density at radius 1 is 1.03 bits per heavy atom. The van der Waals surface area contributed by atoms with Gasteiger partial charge in [0.25, 0.3) is 0 Å². The molecule has 1 spiro atoms. The predicted molar refractivity (Wildman–Crippen MR) is 101 cm³/mol. The van der Waals surface area contributed by atoms with Crippen LogP contribution >= 0.6 is 0 Å². The van der Waals surface area contributed by atoms with E-state index < -0.39 is 23.1 Å². The number of benzene rings is 2. The van der Waals surface area contributed by atoms with Gasteiger partial charge in [0, 0.05) is 11.1 Å². The number of hydrogen-bond acceptors (Lipinski definition) is 5. The Morgan fingerprint density at radius 2 is 1.86 bits per heavy atom. The first-order valence-electron chi connectivity index (χ1n) is 9.05. The zero-order chi connectivity index (χ0) is 19.8. The lowest BCUT2D eigenvalue weighted by atomic mass is 9.67. The Morgan fingerprint density at radius 3 is 2.69 bits per heavy atom. The number of nitrogens with one attached hydrogen (secondary N) is 3. The van der Waals surface area contributed by atoms with Gasteiger partial charge >= 0.3 is 5.97 Å². The van der Waals surface area contributed by atoms with E-state index in [1.165, 1.54) is 12.1 Å². The number of hydrogen-bond donors (Lipinski definition) is 3. The molecular formula is C21H13FN4O3. The van der Waals surface area contributed by atoms with E-state index in [9.17, 15) is 14.0 Å². The summed E-state index contributed by atoms with van der Waals surface area (Å²) in [5.74, 6) is -1.27. The number of aromatic amines is 1. The molecule has 1 unspecified atom stereocenters. The first kappa shape index (κ1) is 16.1. The van der Waals surface area contributed by atoms with Crippen molar-refractivity contribution in [2.45, 2.75) is 5.41 Å². The van der Waals surface area contributed by atoms with Gasteiger partial charge in [0.2, 0.25) is 5.91 Å². The van der Waals surface area contributed by atoms with Crippen LogP contribution in [-0.2, 0) is 19.7 Å². The fourth-order valence-corrected chi connectivity index (χ4v) is 4.55. The number of halogens is 1. The molecule has 1 aromatic heterocycles. The lowest BCUT2D eigenvalue weighted by Gasteiger charge is -2.32. The summed E-state index contributed by atoms with van der Waals surface area (Å²) < 4.78 is 19.8. The molecule has 142 valence electrons. The summed E-state index contributed by atoms with van der Waals surface area (Å²) in [6.07, 6.45) is 0. The molecule has 2 aromatic carbocycles. The summed E-state index contributed by atoms with van der Waals surface area (Å²) in [5, 5.41) is 13.1. The zero-order valence-corrected chi connectivity index (χ0v) is 14.9. The maximum absolute atomic E-state index is 14.6. The third kappa shape index (κ3) is 1.83. The van der Waals surface area contributed by atoms with Gasteiger partial charge in [0.05, 0.1) is 22.7 Å². The summed E-state index contributed by atoms with van der Waals surface area (Å²) >= 11 is 0. The van der Waals surface area contributed by atoms with E-state index in [1.807, 2.05) is 30.3 Å². The van der Waals surface area contributed by atoms with Crippen LogP contribution in [0.3, 0.4) is 0 Å². The molecule has 1 atom stereocenters. The number of rotatable bonds is 1. The van der Waals surface area contributed by atoms with Crippen molar-refractivity contribution in [3.8, 4) is 11.3 Å². The van der Waals surface area contributed by atoms with Crippen LogP contribution in [-0.4, -0.2) is 28.7 Å². The minimum absolute atomic E-state index is 0.000810. The number of carbonyl (C=O) groups excluding carboxylic acids is 2. The lowest BCUT2D eigenvalue weighted by molar-refractivity contribution is -0.137. The van der Waals surface area contributed by atoms with Crippen LogP contribution in [0.5, 0.6) is 0 Å². The molecule has 0 bridgehead atoms. The average Bonchev–Trinajstić information content (AvgIpc) is 3.40. The average molecular weight is 388 g/mol. The number of amides is 1. The Balaban J connectivity index is 1.75. The second-order valence-corrected chi connectivity index (χ2v) is 7.11. The highest BCUT2D eigenvalue weighted by Gasteiger charge is 2.61. The monoisotopic (exact) mass is 388 g/mol. The van der Waals surface area contributed by atoms with Crippen molar-refractivity contribution in [3.05, 3.63) is 76.7 Å². The van der Waals surface area contributed by atoms with Crippen molar-refractivity contribution in [2.75, 3.05) is 17.2 Å². The summed E-state index contributed by atoms with van der Waals surface area (Å²) in [6.45, 7) is 0.000810. The van der Waals surface area contributed by atoms with Gasteiger partial charge in [-0.15, -0.1) is 0 Å². The summed E-state index contributed by atoms with van der Waals surface area (Å²) in [7, 11) is 0. The molecule has 3 aromatic rings. The highest BCUT2D eigenvalue weighted by atomic mass is 19.1. The second kappa shape index (κ2) is 5.32. The van der Waals surface area contributed by atoms with Crippen molar-refractivity contribution < 1.29 is 18.7 Å². The molecular weight excluding hydrogens is 375 g/mol. The van der Waals surface area contributed by atoms with Crippen LogP contribution < -0.4 is 10.6 Å². The van der Waals surface area contributed by atoms with Crippen molar-refractivity contribution in [3.63, 3.8) is 0 Å². The number of para-hydroxylation sites is 1. The molecule has 0 aliphatic carbocycles. The number of cyclic esters (lactones) is 1. The largest absolute Gasteiger partial charge is 0.456 e. The van der Waals surface area contributed by atoms with Crippen molar-refractivity contribution in [1.82, 2.24) is 10.2 Å². The molecule has 1 amide bonds. The van der Waals surface area contributed by atoms with Crippen LogP contribution in [0.1, 0.15) is 11.1 Å². The third-order valence-corrected chi connectivity index (χ3v) is 5.70. The molecule has 7 nitrogen and oxygen atoms in total. The fraction of sp³-hybridized carbons (Fsp3) is 0.0952. The number of esters is 1. The van der Waals surface area contributed by atoms with Gasteiger partial charge in [0.15, 0.2) is 5.82 Å². The Kier molecular flexibility index (Phi) is 2.94. The molecule has 8 heteroatoms. The Bertz CT molecular complexity index is 1260. The topological polar surface area (TPSA) is 96.1 Å². The second-order valence-electron chi connectivity index (χ2n) is 7.11. The number of nitrogens with zero attached hydrogens (tertiary/aromatic N) is 1. The van der Waals surface area contributed by atoms with Crippen LogP contribution in [0.25, 0.3) is 11.3 Å². The molecule has 0 fully saturated rings. The molecule has 3 N–H and O–H groups in total. The molecule has 3 aliphatic rings. The summed E-state index contributed by atoms with van der Waals surface area (Å²) in [4.78, 5) is 26.3. The van der Waals surface area contributed by atoms with Gasteiger partial charge < -0.3 is 15.4 Å². The number of fused-ring (bicyclic) bond motifs is 5. The molecule has 0 saturated carbocycles. The van der Waals surface area contributed by atoms with Crippen molar-refractivity contribution in [2.24, 2.45) is 0 Å². The van der Waals surface area contributed by atoms with Gasteiger partial charge in [-0.25, -0.2) is 9.18 Å². The standard InChI is InChI=1S/C21H13FN4O3/c22-12-8-4-7-11-17(12)24-20(28)21(11)14-13(9-29-19(14)27)23-18-15(21)16(25-26-18)10-5-2-1-3-6-10/h1-8H,9H2,(H,24,28)(H2,23,25,26). The van der Waals surface area contributed by atoms with E-state index in [-0.39, 0.29) is 17.9 Å². The predicted octanol–water partition coefficient (Wildman–Crippen LogP) is 2.69. The number of ether oxygens (including phenoxy) is 1. The van der Waals surface area contributed by atoms with Crippen LogP contribution in [0.15, 0.2) is 59.8 Å². The molecule has 0 radical (unpaired) electrons. The maximum Gasteiger partial charge on any atom is 0.338 e. The number of aromatic nitrogens is 2. The van der Waals surface area contributed by atoms with E-state index in [0.717, 1.165) is 5.56 Å². The van der Waals surface area contributed by atoms with E-state index in [2.05, 4.69) is 20.8 Å². The van der Waals surface area contributed by atoms with Crippen molar-refractivity contribution in [1.29, 1.82) is 0 Å². The highest BCUT2D eigenvalue weighted by molar-refractivity contribution is 6.19. The quantitative estimate of drug-likeness (QED) is 0.557. The highest BCUT2D eigenvalue weighted by Crippen LogP contribution is 2.56. The van der Waals surface area contributed by atoms with Crippen molar-refractivity contribution >= 4 is 23.4 Å². The Hall–Kier alpha value is -3.94. The minimum Gasteiger partial charge on any atom is -0.456 e. The van der Waals surface area contributed by atoms with E-state index in [1.54, 1.807) is 6.07 Å². The van der Waals surface area contributed by atoms with E-state index in [4.69, 9.17) is 4.74 Å². The molecule has 3 aliphatic heterocycles. The first-order chi connectivity index (χ1) is 14.1. The smallest absolute Gasteiger partial charge is 0.338 e. The lowest BCUT2D eigenvalue weighted by Crippen LogP contribution is -2.43. The Labute approximate surface area is 163 Å². The molecule has 4 heterocycles. The summed E-state index contributed by atoms with van der Waals surface area (Å²) in [6, 6.07) is 13.8. The normalized spacial score (nSPS) is 21.4. The zero-order valence-electron chi connectivity index (χ0n) is 14.9. The fourth-order valence-electron chi connectivity index (χ4n) is 4.55. The summed E-state index contributed by atoms with van der Waals surface area (Å²) in [5.41, 5.74) is 1.35. The number of anilines is 2. The molecule has 6 rings (SSSR count). The molecule has 29 heavy (non-hydrogen) atoms. The number of H-pyrrole nitrogens is 1.